The Hall–Kier alpha value is -10.7. The molecule has 386 valence electrons. The summed E-state index contributed by atoms with van der Waals surface area (Å²) in [6, 6.07) is 103. The highest BCUT2D eigenvalue weighted by Crippen LogP contribution is 2.47. The smallest absolute Gasteiger partial charge is 0.252 e. The first-order valence-corrected chi connectivity index (χ1v) is 29.0. The lowest BCUT2D eigenvalue weighted by Crippen LogP contribution is -2.61. The zero-order chi connectivity index (χ0) is 54.5. The van der Waals surface area contributed by atoms with Crippen molar-refractivity contribution >= 4 is 111 Å². The number of benzene rings is 12. The van der Waals surface area contributed by atoms with Crippen molar-refractivity contribution in [3.8, 4) is 62.1 Å². The van der Waals surface area contributed by atoms with Gasteiger partial charge < -0.3 is 14.4 Å². The van der Waals surface area contributed by atoms with Crippen LogP contribution in [0.4, 0.5) is 34.1 Å². The first kappa shape index (κ1) is 47.2. The number of rotatable bonds is 8. The van der Waals surface area contributed by atoms with Crippen molar-refractivity contribution in [3.63, 3.8) is 0 Å². The van der Waals surface area contributed by atoms with Gasteiger partial charge in [-0.3, -0.25) is 0 Å². The number of hydrogen-bond acceptors (Lipinski definition) is 6. The molecule has 2 aliphatic heterocycles. The van der Waals surface area contributed by atoms with Crippen LogP contribution >= 0.6 is 11.3 Å². The predicted molar refractivity (Wildman–Crippen MR) is 348 cm³/mol. The zero-order valence-electron chi connectivity index (χ0n) is 44.8. The molecule has 0 bridgehead atoms. The fraction of sp³-hybridized carbons (Fsp3) is 0. The third-order valence-electron chi connectivity index (χ3n) is 16.9. The molecule has 0 atom stereocenters. The second kappa shape index (κ2) is 19.0. The molecule has 0 aliphatic carbocycles. The number of anilines is 6. The lowest BCUT2D eigenvalue weighted by Gasteiger charge is -2.44. The molecule has 17 rings (SSSR count). The van der Waals surface area contributed by atoms with Crippen molar-refractivity contribution in [1.82, 2.24) is 19.5 Å². The van der Waals surface area contributed by atoms with Gasteiger partial charge in [0.05, 0.1) is 16.7 Å². The van der Waals surface area contributed by atoms with Gasteiger partial charge in [0, 0.05) is 87.3 Å². The van der Waals surface area contributed by atoms with Gasteiger partial charge in [-0.05, 0) is 118 Å². The van der Waals surface area contributed by atoms with Crippen LogP contribution in [0.25, 0.3) is 104 Å². The van der Waals surface area contributed by atoms with Gasteiger partial charge in [0.15, 0.2) is 17.5 Å². The Bertz CT molecular complexity index is 4980. The fourth-order valence-corrected chi connectivity index (χ4v) is 14.4. The molecule has 6 nitrogen and oxygen atoms in total. The summed E-state index contributed by atoms with van der Waals surface area (Å²) in [6.07, 6.45) is 0. The minimum Gasteiger partial charge on any atom is -0.311 e. The van der Waals surface area contributed by atoms with Crippen molar-refractivity contribution in [2.45, 2.75) is 0 Å². The summed E-state index contributed by atoms with van der Waals surface area (Å²) in [5.41, 5.74) is 21.5. The molecule has 0 fully saturated rings. The van der Waals surface area contributed by atoms with Gasteiger partial charge in [0.25, 0.3) is 6.71 Å². The molecule has 8 heteroatoms. The second-order valence-corrected chi connectivity index (χ2v) is 22.5. The number of aromatic nitrogens is 4. The first-order chi connectivity index (χ1) is 41.2. The number of nitrogens with zero attached hydrogens (tertiary/aromatic N) is 6. The Morgan fingerprint density at radius 2 is 0.807 bits per heavy atom. The molecule has 0 amide bonds. The van der Waals surface area contributed by atoms with Gasteiger partial charge in [-0.2, -0.15) is 0 Å². The van der Waals surface area contributed by atoms with E-state index in [1.165, 1.54) is 70.1 Å². The van der Waals surface area contributed by atoms with Gasteiger partial charge in [-0.1, -0.05) is 200 Å². The van der Waals surface area contributed by atoms with E-state index >= 15 is 0 Å². The molecule has 83 heavy (non-hydrogen) atoms. The van der Waals surface area contributed by atoms with Crippen LogP contribution < -0.4 is 26.2 Å². The maximum Gasteiger partial charge on any atom is 0.252 e. The molecule has 0 N–H and O–H groups in total. The van der Waals surface area contributed by atoms with Gasteiger partial charge in [0.1, 0.15) is 0 Å². The molecule has 0 saturated heterocycles. The standard InChI is InChI=1S/C75H47BN6S/c1-4-19-51(20-5-1)73-77-74(52-21-6-2-7-22-52)79-75(78-73)53-41-45-63(82-62-29-14-10-26-58(62)70-66(82)46-44-57-56-25-11-17-34-69(56)83-72(57)70)59(47-53)50-37-35-48(36-38-50)49-39-42-55(43-40-49)81-65-31-16-13-28-61(65)76-60-27-12-15-30-64(60)80(54-23-8-3-9-24-54)67-32-18-33-68(81)71(67)76/h1-47H. The summed E-state index contributed by atoms with van der Waals surface area (Å²) in [4.78, 5) is 20.4. The molecule has 0 unspecified atom stereocenters. The Labute approximate surface area is 484 Å². The predicted octanol–water partition coefficient (Wildman–Crippen LogP) is 17.8. The summed E-state index contributed by atoms with van der Waals surface area (Å²) >= 11 is 1.88. The van der Waals surface area contributed by atoms with Crippen LogP contribution in [0.15, 0.2) is 285 Å². The number of thiophene rings is 1. The number of fused-ring (bicyclic) bond motifs is 11. The average Bonchev–Trinajstić information content (AvgIpc) is 4.00. The summed E-state index contributed by atoms with van der Waals surface area (Å²) in [7, 11) is 0. The highest BCUT2D eigenvalue weighted by molar-refractivity contribution is 7.26. The summed E-state index contributed by atoms with van der Waals surface area (Å²) in [5.74, 6) is 1.86. The van der Waals surface area contributed by atoms with Crippen molar-refractivity contribution < 1.29 is 0 Å². The molecule has 0 saturated carbocycles. The van der Waals surface area contributed by atoms with Crippen molar-refractivity contribution in [2.75, 3.05) is 9.80 Å². The van der Waals surface area contributed by atoms with E-state index in [1.807, 2.05) is 47.7 Å². The van der Waals surface area contributed by atoms with E-state index in [1.54, 1.807) is 0 Å². The van der Waals surface area contributed by atoms with Crippen LogP contribution in [0.5, 0.6) is 0 Å². The van der Waals surface area contributed by atoms with Crippen LogP contribution in [0.2, 0.25) is 0 Å². The van der Waals surface area contributed by atoms with Crippen LogP contribution in [0, 0.1) is 0 Å². The van der Waals surface area contributed by atoms with E-state index in [9.17, 15) is 0 Å². The molecule has 5 heterocycles. The van der Waals surface area contributed by atoms with Crippen LogP contribution in [0.1, 0.15) is 0 Å². The van der Waals surface area contributed by atoms with E-state index in [0.29, 0.717) is 17.5 Å². The van der Waals surface area contributed by atoms with Crippen molar-refractivity contribution in [1.29, 1.82) is 0 Å². The molecule has 0 spiro atoms. The van der Waals surface area contributed by atoms with Gasteiger partial charge in [-0.15, -0.1) is 11.3 Å². The van der Waals surface area contributed by atoms with Gasteiger partial charge in [-0.25, -0.2) is 15.0 Å². The fourth-order valence-electron chi connectivity index (χ4n) is 13.1. The van der Waals surface area contributed by atoms with Crippen LogP contribution in [-0.4, -0.2) is 26.2 Å². The molecule has 15 aromatic rings. The highest BCUT2D eigenvalue weighted by atomic mass is 32.1. The topological polar surface area (TPSA) is 50.1 Å². The SMILES string of the molecule is c1ccc(-c2nc(-c3ccccc3)nc(-c3ccc(-n4c5ccccc5c5c6sc7ccccc7c6ccc54)c(-c4ccc(-c5ccc(N6c7ccccc7B7c8ccccc8N(c8ccccc8)c8cccc6c87)cc5)cc4)c3)n2)cc1. The minimum absolute atomic E-state index is 0.0899. The zero-order valence-corrected chi connectivity index (χ0v) is 45.6. The Kier molecular flexibility index (Phi) is 10.8. The van der Waals surface area contributed by atoms with Gasteiger partial charge in [0.2, 0.25) is 0 Å². The van der Waals surface area contributed by atoms with E-state index in [-0.39, 0.29) is 6.71 Å². The second-order valence-electron chi connectivity index (χ2n) is 21.4. The Morgan fingerprint density at radius 1 is 0.313 bits per heavy atom. The largest absolute Gasteiger partial charge is 0.311 e. The Morgan fingerprint density at radius 3 is 1.46 bits per heavy atom. The van der Waals surface area contributed by atoms with Gasteiger partial charge >= 0.3 is 0 Å². The highest BCUT2D eigenvalue weighted by Gasteiger charge is 2.42. The molecule has 2 aliphatic rings. The van der Waals surface area contributed by atoms with Crippen LogP contribution in [0.3, 0.4) is 0 Å². The summed E-state index contributed by atoms with van der Waals surface area (Å²) < 4.78 is 5.05. The van der Waals surface area contributed by atoms with E-state index < -0.39 is 0 Å². The van der Waals surface area contributed by atoms with E-state index in [2.05, 4.69) is 263 Å². The first-order valence-electron chi connectivity index (χ1n) is 28.2. The molecular weight excluding hydrogens is 1030 g/mol. The lowest BCUT2D eigenvalue weighted by atomic mass is 9.33. The average molecular weight is 1080 g/mol. The van der Waals surface area contributed by atoms with Crippen molar-refractivity contribution in [3.05, 3.63) is 285 Å². The molecule has 3 aromatic heterocycles. The van der Waals surface area contributed by atoms with Crippen LogP contribution in [-0.2, 0) is 0 Å². The maximum atomic E-state index is 5.21. The van der Waals surface area contributed by atoms with E-state index in [4.69, 9.17) is 15.0 Å². The monoisotopic (exact) mass is 1070 g/mol. The number of para-hydroxylation sites is 4. The molecular formula is C75H47BN6S. The summed E-state index contributed by atoms with van der Waals surface area (Å²) in [5, 5.41) is 5.07. The summed E-state index contributed by atoms with van der Waals surface area (Å²) in [6.45, 7) is 0.0899. The number of hydrogen-bond donors (Lipinski definition) is 0. The maximum absolute atomic E-state index is 5.21. The lowest BCUT2D eigenvalue weighted by molar-refractivity contribution is 1.07. The third kappa shape index (κ3) is 7.53. The molecule has 0 radical (unpaired) electrons. The minimum atomic E-state index is 0.0899. The normalized spacial score (nSPS) is 12.5. The Balaban J connectivity index is 0.797. The van der Waals surface area contributed by atoms with E-state index in [0.717, 1.165) is 67.0 Å². The third-order valence-corrected chi connectivity index (χ3v) is 18.1. The quantitative estimate of drug-likeness (QED) is 0.142. The molecule has 12 aromatic carbocycles. The van der Waals surface area contributed by atoms with Crippen molar-refractivity contribution in [2.24, 2.45) is 0 Å².